The molecule has 1 saturated heterocycles. The summed E-state index contributed by atoms with van der Waals surface area (Å²) in [6.07, 6.45) is 1.65. The van der Waals surface area contributed by atoms with Crippen LogP contribution in [-0.4, -0.2) is 32.4 Å². The number of fused-ring (bicyclic) bond motifs is 4. The molecular weight excluding hydrogens is 346 g/mol. The van der Waals surface area contributed by atoms with E-state index in [4.69, 9.17) is 4.74 Å². The third kappa shape index (κ3) is 2.83. The van der Waals surface area contributed by atoms with Crippen LogP contribution < -0.4 is 4.74 Å². The summed E-state index contributed by atoms with van der Waals surface area (Å²) in [5.74, 6) is 1.55. The molecule has 4 nitrogen and oxygen atoms in total. The number of hydrogen-bond donors (Lipinski definition) is 0. The van der Waals surface area contributed by atoms with E-state index in [1.54, 1.807) is 23.5 Å². The Balaban J connectivity index is 1.70. The molecule has 0 amide bonds. The van der Waals surface area contributed by atoms with Gasteiger partial charge in [-0.2, -0.15) is 4.31 Å². The molecule has 5 heteroatoms. The second-order valence-corrected chi connectivity index (χ2v) is 9.52. The van der Waals surface area contributed by atoms with Crippen LogP contribution in [0.15, 0.2) is 47.4 Å². The van der Waals surface area contributed by atoms with Crippen LogP contribution in [0.1, 0.15) is 36.0 Å². The molecule has 1 aliphatic carbocycles. The third-order valence-corrected chi connectivity index (χ3v) is 7.86. The average Bonchev–Trinajstić information content (AvgIpc) is 2.64. The van der Waals surface area contributed by atoms with Crippen LogP contribution in [-0.2, 0) is 16.4 Å². The summed E-state index contributed by atoms with van der Waals surface area (Å²) in [5, 5.41) is 0. The van der Waals surface area contributed by atoms with E-state index in [1.165, 1.54) is 11.1 Å². The fourth-order valence-corrected chi connectivity index (χ4v) is 6.18. The molecule has 138 valence electrons. The van der Waals surface area contributed by atoms with E-state index in [9.17, 15) is 8.42 Å². The standard InChI is InChI=1S/C21H25NO3S/c1-14-4-8-19(9-5-14)26(23,24)22-13-15(2)20-11-17(22)10-16-6-7-18(25-3)12-21(16)20/h4-9,12,15,17,20H,10-11,13H2,1-3H3/t15-,17-,20+/m1/s1. The van der Waals surface area contributed by atoms with Gasteiger partial charge in [-0.3, -0.25) is 0 Å². The van der Waals surface area contributed by atoms with Gasteiger partial charge in [0.25, 0.3) is 0 Å². The second kappa shape index (κ2) is 6.39. The quantitative estimate of drug-likeness (QED) is 0.826. The summed E-state index contributed by atoms with van der Waals surface area (Å²) in [7, 11) is -1.78. The van der Waals surface area contributed by atoms with Gasteiger partial charge in [-0.05, 0) is 67.0 Å². The van der Waals surface area contributed by atoms with E-state index < -0.39 is 10.0 Å². The van der Waals surface area contributed by atoms with Crippen molar-refractivity contribution in [3.05, 3.63) is 59.2 Å². The Bertz CT molecular complexity index is 921. The van der Waals surface area contributed by atoms with Gasteiger partial charge in [0.05, 0.1) is 12.0 Å². The van der Waals surface area contributed by atoms with Gasteiger partial charge < -0.3 is 4.74 Å². The normalized spacial score (nSPS) is 25.6. The maximum Gasteiger partial charge on any atom is 0.243 e. The Morgan fingerprint density at radius 1 is 1.12 bits per heavy atom. The van der Waals surface area contributed by atoms with E-state index in [-0.39, 0.29) is 12.0 Å². The highest BCUT2D eigenvalue weighted by atomic mass is 32.2. The van der Waals surface area contributed by atoms with Crippen molar-refractivity contribution in [2.75, 3.05) is 13.7 Å². The van der Waals surface area contributed by atoms with Crippen LogP contribution in [0.2, 0.25) is 0 Å². The molecule has 0 spiro atoms. The number of rotatable bonds is 3. The lowest BCUT2D eigenvalue weighted by Gasteiger charge is -2.46. The fourth-order valence-electron chi connectivity index (χ4n) is 4.45. The average molecular weight is 372 g/mol. The number of nitrogens with zero attached hydrogens (tertiary/aromatic N) is 1. The van der Waals surface area contributed by atoms with Crippen LogP contribution in [0.3, 0.4) is 0 Å². The highest BCUT2D eigenvalue weighted by Gasteiger charge is 2.44. The van der Waals surface area contributed by atoms with Gasteiger partial charge in [-0.1, -0.05) is 30.7 Å². The van der Waals surface area contributed by atoms with Crippen molar-refractivity contribution in [2.24, 2.45) is 5.92 Å². The van der Waals surface area contributed by atoms with Crippen LogP contribution in [0.4, 0.5) is 0 Å². The smallest absolute Gasteiger partial charge is 0.243 e. The molecule has 1 aliphatic heterocycles. The van der Waals surface area contributed by atoms with Gasteiger partial charge >= 0.3 is 0 Å². The molecule has 0 N–H and O–H groups in total. The van der Waals surface area contributed by atoms with Crippen LogP contribution in [0.25, 0.3) is 0 Å². The fraction of sp³-hybridized carbons (Fsp3) is 0.429. The van der Waals surface area contributed by atoms with Crippen molar-refractivity contribution in [3.63, 3.8) is 0 Å². The molecule has 3 atom stereocenters. The van der Waals surface area contributed by atoms with Gasteiger partial charge in [0.2, 0.25) is 10.0 Å². The van der Waals surface area contributed by atoms with Crippen molar-refractivity contribution in [3.8, 4) is 5.75 Å². The summed E-state index contributed by atoms with van der Waals surface area (Å²) in [4.78, 5) is 0.397. The predicted molar refractivity (Wildman–Crippen MR) is 102 cm³/mol. The number of hydrogen-bond acceptors (Lipinski definition) is 3. The number of sulfonamides is 1. The Hall–Kier alpha value is -1.85. The minimum Gasteiger partial charge on any atom is -0.497 e. The first-order chi connectivity index (χ1) is 12.4. The number of aryl methyl sites for hydroxylation is 1. The zero-order valence-electron chi connectivity index (χ0n) is 15.5. The summed E-state index contributed by atoms with van der Waals surface area (Å²) in [5.41, 5.74) is 3.65. The number of benzene rings is 2. The molecule has 1 fully saturated rings. The highest BCUT2D eigenvalue weighted by Crippen LogP contribution is 2.45. The zero-order chi connectivity index (χ0) is 18.5. The van der Waals surface area contributed by atoms with E-state index in [0.29, 0.717) is 17.4 Å². The van der Waals surface area contributed by atoms with E-state index >= 15 is 0 Å². The molecular formula is C21H25NO3S. The Kier molecular flexibility index (Phi) is 4.32. The molecule has 2 aliphatic rings. The Morgan fingerprint density at radius 3 is 2.54 bits per heavy atom. The topological polar surface area (TPSA) is 46.6 Å². The third-order valence-electron chi connectivity index (χ3n) is 5.92. The molecule has 0 unspecified atom stereocenters. The highest BCUT2D eigenvalue weighted by molar-refractivity contribution is 7.89. The van der Waals surface area contributed by atoms with Crippen molar-refractivity contribution in [1.82, 2.24) is 4.31 Å². The van der Waals surface area contributed by atoms with E-state index in [0.717, 1.165) is 24.2 Å². The Labute approximate surface area is 155 Å². The van der Waals surface area contributed by atoms with Crippen molar-refractivity contribution >= 4 is 10.0 Å². The Morgan fingerprint density at radius 2 is 1.85 bits per heavy atom. The summed E-state index contributed by atoms with van der Waals surface area (Å²) in [6.45, 7) is 4.70. The lowest BCUT2D eigenvalue weighted by Crippen LogP contribution is -2.51. The minimum atomic E-state index is -3.47. The first-order valence-corrected chi connectivity index (χ1v) is 10.6. The first-order valence-electron chi connectivity index (χ1n) is 9.15. The van der Waals surface area contributed by atoms with Crippen LogP contribution >= 0.6 is 0 Å². The van der Waals surface area contributed by atoms with Gasteiger partial charge in [-0.15, -0.1) is 0 Å². The summed E-state index contributed by atoms with van der Waals surface area (Å²) in [6, 6.07) is 13.4. The molecule has 0 aromatic heterocycles. The second-order valence-electron chi connectivity index (χ2n) is 7.63. The predicted octanol–water partition coefficient (Wildman–Crippen LogP) is 3.74. The van der Waals surface area contributed by atoms with Gasteiger partial charge in [0, 0.05) is 12.6 Å². The maximum absolute atomic E-state index is 13.3. The molecule has 4 rings (SSSR count). The van der Waals surface area contributed by atoms with Gasteiger partial charge in [0.1, 0.15) is 5.75 Å². The molecule has 0 radical (unpaired) electrons. The lowest BCUT2D eigenvalue weighted by molar-refractivity contribution is 0.165. The monoisotopic (exact) mass is 371 g/mol. The first kappa shape index (κ1) is 17.6. The van der Waals surface area contributed by atoms with Crippen LogP contribution in [0.5, 0.6) is 5.75 Å². The van der Waals surface area contributed by atoms with E-state index in [1.807, 2.05) is 25.1 Å². The SMILES string of the molecule is COc1ccc2c(c1)[C@H]1C[C@@H](C2)N(S(=O)(=O)c2ccc(C)cc2)C[C@H]1C. The van der Waals surface area contributed by atoms with Crippen molar-refractivity contribution < 1.29 is 13.2 Å². The molecule has 2 bridgehead atoms. The molecule has 2 aromatic carbocycles. The van der Waals surface area contributed by atoms with Crippen molar-refractivity contribution in [1.29, 1.82) is 0 Å². The lowest BCUT2D eigenvalue weighted by atomic mass is 9.71. The number of piperidine rings is 1. The summed E-state index contributed by atoms with van der Waals surface area (Å²) >= 11 is 0. The van der Waals surface area contributed by atoms with Crippen molar-refractivity contribution in [2.45, 2.75) is 43.5 Å². The van der Waals surface area contributed by atoms with E-state index in [2.05, 4.69) is 19.1 Å². The summed E-state index contributed by atoms with van der Waals surface area (Å²) < 4.78 is 33.7. The van der Waals surface area contributed by atoms with Gasteiger partial charge in [0.15, 0.2) is 0 Å². The number of methoxy groups -OCH3 is 1. The molecule has 2 aromatic rings. The largest absolute Gasteiger partial charge is 0.497 e. The maximum atomic E-state index is 13.3. The minimum absolute atomic E-state index is 0.0309. The zero-order valence-corrected chi connectivity index (χ0v) is 16.3. The molecule has 1 heterocycles. The van der Waals surface area contributed by atoms with Gasteiger partial charge in [-0.25, -0.2) is 8.42 Å². The molecule has 0 saturated carbocycles. The number of ether oxygens (including phenoxy) is 1. The van der Waals surface area contributed by atoms with Crippen LogP contribution in [0, 0.1) is 12.8 Å². The molecule has 26 heavy (non-hydrogen) atoms.